The fourth-order valence-corrected chi connectivity index (χ4v) is 11.4. The number of hydrogen-bond acceptors (Lipinski definition) is 8. The first kappa shape index (κ1) is 39.9. The van der Waals surface area contributed by atoms with Crippen molar-refractivity contribution in [1.29, 1.82) is 0 Å². The fraction of sp³-hybridized carbons (Fsp3) is 0. The van der Waals surface area contributed by atoms with E-state index in [1.807, 2.05) is 146 Å². The van der Waals surface area contributed by atoms with Crippen LogP contribution in [-0.2, 0) is 9.84 Å². The van der Waals surface area contributed by atoms with E-state index in [1.54, 1.807) is 24.3 Å². The Labute approximate surface area is 403 Å². The topological polar surface area (TPSA) is 76.5 Å². The van der Waals surface area contributed by atoms with Crippen LogP contribution in [0.5, 0.6) is 34.5 Å². The van der Waals surface area contributed by atoms with Gasteiger partial charge in [-0.3, -0.25) is 0 Å². The zero-order valence-electron chi connectivity index (χ0n) is 37.2. The summed E-state index contributed by atoms with van der Waals surface area (Å²) in [7, 11) is -3.90. The van der Waals surface area contributed by atoms with Crippen molar-refractivity contribution in [3.8, 4) is 40.2 Å². The molecule has 10 heteroatoms. The summed E-state index contributed by atoms with van der Waals surface area (Å²) in [6.07, 6.45) is 0. The van der Waals surface area contributed by atoms with Gasteiger partial charge >= 0.3 is 0 Å². The molecule has 9 nitrogen and oxygen atoms in total. The van der Waals surface area contributed by atoms with E-state index in [2.05, 4.69) is 79.9 Å². The van der Waals surface area contributed by atoms with Crippen molar-refractivity contribution >= 4 is 82.8 Å². The van der Waals surface area contributed by atoms with Gasteiger partial charge in [0, 0.05) is 33.5 Å². The lowest BCUT2D eigenvalue weighted by Crippen LogP contribution is -2.15. The Morgan fingerprint density at radius 1 is 0.286 bits per heavy atom. The molecule has 0 saturated heterocycles. The van der Waals surface area contributed by atoms with Gasteiger partial charge < -0.3 is 33.5 Å². The third-order valence-electron chi connectivity index (χ3n) is 13.4. The van der Waals surface area contributed by atoms with Gasteiger partial charge in [-0.05, 0) is 158 Å². The number of sulfone groups is 1. The first-order chi connectivity index (χ1) is 34.5. The first-order valence-electron chi connectivity index (χ1n) is 23.0. The van der Waals surface area contributed by atoms with E-state index in [-0.39, 0.29) is 9.79 Å². The molecule has 10 aromatic carbocycles. The Bertz CT molecular complexity index is 3750. The van der Waals surface area contributed by atoms with Crippen LogP contribution in [-0.4, -0.2) is 13.0 Å². The van der Waals surface area contributed by atoms with Gasteiger partial charge in [0.05, 0.1) is 54.9 Å². The summed E-state index contributed by atoms with van der Waals surface area (Å²) < 4.78 is 50.0. The quantitative estimate of drug-likeness (QED) is 0.163. The average molecular weight is 927 g/mol. The van der Waals surface area contributed by atoms with Crippen LogP contribution in [0.4, 0.5) is 51.2 Å². The number of aromatic nitrogens is 1. The monoisotopic (exact) mass is 926 g/mol. The minimum atomic E-state index is -3.90. The standard InChI is InChI=1S/C60H38N4O5S/c65-70(66,44-33-27-40(28-34-44)62-49-13-1-7-19-55(49)67-56-20-8-2-14-50(56)62)43-31-25-39(26-32-43)61-47-35-29-41(63-51-15-3-9-21-57(51)68-58-22-10-4-16-52(58)63)37-45(47)46-38-42(30-36-48(46)61)64-53-17-5-11-23-59(53)69-60-24-12-6-18-54(60)64/h1-38H. The number of fused-ring (bicyclic) bond motifs is 9. The van der Waals surface area contributed by atoms with Gasteiger partial charge in [-0.1, -0.05) is 72.8 Å². The summed E-state index contributed by atoms with van der Waals surface area (Å²) in [5, 5.41) is 2.04. The molecule has 3 aliphatic heterocycles. The molecule has 0 unspecified atom stereocenters. The van der Waals surface area contributed by atoms with Crippen LogP contribution < -0.4 is 28.9 Å². The lowest BCUT2D eigenvalue weighted by atomic mass is 10.1. The van der Waals surface area contributed by atoms with Gasteiger partial charge in [-0.2, -0.15) is 0 Å². The minimum Gasteiger partial charge on any atom is -0.453 e. The van der Waals surface area contributed by atoms with Crippen LogP contribution in [0.3, 0.4) is 0 Å². The molecule has 0 fully saturated rings. The summed E-state index contributed by atoms with van der Waals surface area (Å²) in [5.74, 6) is 4.55. The number of ether oxygens (including phenoxy) is 3. The van der Waals surface area contributed by atoms with E-state index in [9.17, 15) is 8.42 Å². The average Bonchev–Trinajstić information content (AvgIpc) is 3.74. The molecule has 0 aliphatic carbocycles. The van der Waals surface area contributed by atoms with E-state index in [1.165, 1.54) is 0 Å². The molecular weight excluding hydrogens is 889 g/mol. The molecule has 11 aromatic rings. The van der Waals surface area contributed by atoms with E-state index in [0.717, 1.165) is 113 Å². The van der Waals surface area contributed by atoms with Crippen molar-refractivity contribution in [2.24, 2.45) is 0 Å². The normalized spacial score (nSPS) is 13.2. The highest BCUT2D eigenvalue weighted by Crippen LogP contribution is 2.54. The Morgan fingerprint density at radius 3 is 0.886 bits per heavy atom. The van der Waals surface area contributed by atoms with Gasteiger partial charge in [0.15, 0.2) is 34.5 Å². The number of anilines is 9. The maximum atomic E-state index is 14.4. The number of rotatable bonds is 6. The van der Waals surface area contributed by atoms with Crippen molar-refractivity contribution in [2.75, 3.05) is 14.7 Å². The molecule has 0 amide bonds. The molecule has 0 N–H and O–H groups in total. The van der Waals surface area contributed by atoms with E-state index in [0.29, 0.717) is 0 Å². The van der Waals surface area contributed by atoms with E-state index >= 15 is 0 Å². The summed E-state index contributed by atoms with van der Waals surface area (Å²) in [5.41, 5.74) is 11.0. The van der Waals surface area contributed by atoms with Crippen LogP contribution in [0.1, 0.15) is 0 Å². The van der Waals surface area contributed by atoms with Crippen LogP contribution in [0.15, 0.2) is 240 Å². The largest absolute Gasteiger partial charge is 0.453 e. The summed E-state index contributed by atoms with van der Waals surface area (Å²) in [4.78, 5) is 6.99. The predicted octanol–water partition coefficient (Wildman–Crippen LogP) is 16.3. The second-order valence-corrected chi connectivity index (χ2v) is 19.3. The first-order valence-corrected chi connectivity index (χ1v) is 24.5. The Balaban J connectivity index is 0.885. The molecule has 0 saturated carbocycles. The van der Waals surface area contributed by atoms with Gasteiger partial charge in [0.1, 0.15) is 0 Å². The second kappa shape index (κ2) is 15.4. The zero-order valence-corrected chi connectivity index (χ0v) is 38.0. The number of para-hydroxylation sites is 12. The Hall–Kier alpha value is -9.25. The predicted molar refractivity (Wildman–Crippen MR) is 277 cm³/mol. The number of benzene rings is 10. The SMILES string of the molecule is O=S(=O)(c1ccc(N2c3ccccc3Oc3ccccc32)cc1)c1ccc(-n2c3ccc(N4c5ccccc5Oc5ccccc54)cc3c3cc(N4c5ccccc5Oc5ccccc54)ccc32)cc1. The van der Waals surface area contributed by atoms with Crippen molar-refractivity contribution in [1.82, 2.24) is 4.57 Å². The maximum Gasteiger partial charge on any atom is 0.206 e. The molecule has 0 spiro atoms. The third-order valence-corrected chi connectivity index (χ3v) is 15.1. The van der Waals surface area contributed by atoms with Gasteiger partial charge in [-0.15, -0.1) is 0 Å². The van der Waals surface area contributed by atoms with Crippen molar-refractivity contribution < 1.29 is 22.6 Å². The highest BCUT2D eigenvalue weighted by atomic mass is 32.2. The number of hydrogen-bond donors (Lipinski definition) is 0. The number of nitrogens with zero attached hydrogens (tertiary/aromatic N) is 4. The molecule has 0 bridgehead atoms. The smallest absolute Gasteiger partial charge is 0.206 e. The zero-order chi connectivity index (χ0) is 46.5. The summed E-state index contributed by atoms with van der Waals surface area (Å²) in [6.45, 7) is 0. The third kappa shape index (κ3) is 6.13. The highest BCUT2D eigenvalue weighted by molar-refractivity contribution is 7.91. The molecule has 334 valence electrons. The van der Waals surface area contributed by atoms with Crippen LogP contribution >= 0.6 is 0 Å². The van der Waals surface area contributed by atoms with Gasteiger partial charge in [0.25, 0.3) is 0 Å². The molecule has 1 aromatic heterocycles. The molecular formula is C60H38N4O5S. The minimum absolute atomic E-state index is 0.200. The molecule has 14 rings (SSSR count). The van der Waals surface area contributed by atoms with Crippen molar-refractivity contribution in [3.05, 3.63) is 231 Å². The van der Waals surface area contributed by atoms with Crippen LogP contribution in [0.25, 0.3) is 27.5 Å². The van der Waals surface area contributed by atoms with Gasteiger partial charge in [0.2, 0.25) is 9.84 Å². The van der Waals surface area contributed by atoms with E-state index < -0.39 is 9.84 Å². The lowest BCUT2D eigenvalue weighted by molar-refractivity contribution is 0.477. The summed E-state index contributed by atoms with van der Waals surface area (Å²) >= 11 is 0. The Kier molecular flexibility index (Phi) is 8.77. The molecule has 0 atom stereocenters. The second-order valence-electron chi connectivity index (χ2n) is 17.3. The molecule has 4 heterocycles. The maximum absolute atomic E-state index is 14.4. The van der Waals surface area contributed by atoms with Crippen LogP contribution in [0.2, 0.25) is 0 Å². The highest BCUT2D eigenvalue weighted by Gasteiger charge is 2.30. The van der Waals surface area contributed by atoms with Gasteiger partial charge in [-0.25, -0.2) is 8.42 Å². The Morgan fingerprint density at radius 2 is 0.557 bits per heavy atom. The lowest BCUT2D eigenvalue weighted by Gasteiger charge is -2.33. The summed E-state index contributed by atoms with van der Waals surface area (Å²) in [6, 6.07) is 75.4. The molecule has 0 radical (unpaired) electrons. The van der Waals surface area contributed by atoms with Crippen molar-refractivity contribution in [2.45, 2.75) is 9.79 Å². The van der Waals surface area contributed by atoms with Crippen LogP contribution in [0, 0.1) is 0 Å². The van der Waals surface area contributed by atoms with Crippen molar-refractivity contribution in [3.63, 3.8) is 0 Å². The van der Waals surface area contributed by atoms with E-state index in [4.69, 9.17) is 14.2 Å². The fourth-order valence-electron chi connectivity index (χ4n) is 10.2. The molecule has 3 aliphatic rings. The molecule has 70 heavy (non-hydrogen) atoms.